The van der Waals surface area contributed by atoms with Gasteiger partial charge in [-0.1, -0.05) is 6.92 Å². The zero-order valence-corrected chi connectivity index (χ0v) is 9.31. The van der Waals surface area contributed by atoms with Crippen LogP contribution in [0.5, 0.6) is 0 Å². The Morgan fingerprint density at radius 3 is 2.62 bits per heavy atom. The van der Waals surface area contributed by atoms with E-state index in [1.807, 2.05) is 0 Å². The lowest BCUT2D eigenvalue weighted by Crippen LogP contribution is -2.47. The number of amides is 1. The zero-order valence-electron chi connectivity index (χ0n) is 9.31. The van der Waals surface area contributed by atoms with Gasteiger partial charge in [0.05, 0.1) is 6.04 Å². The number of nitrogens with zero attached hydrogens (tertiary/aromatic N) is 1. The molecule has 1 atom stereocenters. The Kier molecular flexibility index (Phi) is 4.58. The number of hydrogen-bond acceptors (Lipinski definition) is 2. The van der Waals surface area contributed by atoms with Crippen LogP contribution in [0.1, 0.15) is 26.2 Å². The first-order valence-corrected chi connectivity index (χ1v) is 5.53. The zero-order chi connectivity index (χ0) is 12.2. The van der Waals surface area contributed by atoms with Gasteiger partial charge in [0.2, 0.25) is 5.91 Å². The number of carbonyl (C=O) groups excluding carboxylic acids is 1. The predicted octanol–water partition coefficient (Wildman–Crippen LogP) is 1.54. The van der Waals surface area contributed by atoms with Crippen molar-refractivity contribution in [1.29, 1.82) is 0 Å². The summed E-state index contributed by atoms with van der Waals surface area (Å²) in [7, 11) is 0. The van der Waals surface area contributed by atoms with Crippen molar-refractivity contribution in [2.75, 3.05) is 19.6 Å². The molecule has 1 unspecified atom stereocenters. The van der Waals surface area contributed by atoms with Crippen LogP contribution in [-0.2, 0) is 4.79 Å². The van der Waals surface area contributed by atoms with Crippen molar-refractivity contribution in [3.63, 3.8) is 0 Å². The standard InChI is InChI=1S/C10H17F3N2O/c1-2-6-15(7-10(11,12)13)9(16)8-4-3-5-14-8/h8,14H,2-7H2,1H3. The van der Waals surface area contributed by atoms with Gasteiger partial charge >= 0.3 is 6.18 Å². The fourth-order valence-corrected chi connectivity index (χ4v) is 1.87. The summed E-state index contributed by atoms with van der Waals surface area (Å²) in [4.78, 5) is 12.7. The van der Waals surface area contributed by atoms with Crippen LogP contribution in [0.15, 0.2) is 0 Å². The number of hydrogen-bond donors (Lipinski definition) is 1. The maximum Gasteiger partial charge on any atom is 0.406 e. The van der Waals surface area contributed by atoms with Gasteiger partial charge in [0, 0.05) is 6.54 Å². The second-order valence-corrected chi connectivity index (χ2v) is 4.02. The van der Waals surface area contributed by atoms with E-state index in [4.69, 9.17) is 0 Å². The van der Waals surface area contributed by atoms with E-state index in [0.29, 0.717) is 19.4 Å². The summed E-state index contributed by atoms with van der Waals surface area (Å²) in [6.07, 6.45) is -2.29. The van der Waals surface area contributed by atoms with Gasteiger partial charge in [-0.3, -0.25) is 4.79 Å². The smallest absolute Gasteiger partial charge is 0.332 e. The van der Waals surface area contributed by atoms with Crippen molar-refractivity contribution in [3.05, 3.63) is 0 Å². The van der Waals surface area contributed by atoms with Crippen LogP contribution in [0.4, 0.5) is 13.2 Å². The monoisotopic (exact) mass is 238 g/mol. The molecule has 0 saturated carbocycles. The molecule has 94 valence electrons. The third kappa shape index (κ3) is 4.00. The molecule has 1 heterocycles. The molecule has 1 N–H and O–H groups in total. The van der Waals surface area contributed by atoms with Crippen LogP contribution in [0.2, 0.25) is 0 Å². The molecule has 0 aromatic heterocycles. The van der Waals surface area contributed by atoms with Crippen molar-refractivity contribution >= 4 is 5.91 Å². The molecular formula is C10H17F3N2O. The fourth-order valence-electron chi connectivity index (χ4n) is 1.87. The lowest BCUT2D eigenvalue weighted by Gasteiger charge is -2.26. The highest BCUT2D eigenvalue weighted by Crippen LogP contribution is 2.18. The second-order valence-electron chi connectivity index (χ2n) is 4.02. The molecule has 0 aliphatic carbocycles. The first-order chi connectivity index (χ1) is 7.44. The SMILES string of the molecule is CCCN(CC(F)(F)F)C(=O)C1CCCN1. The summed E-state index contributed by atoms with van der Waals surface area (Å²) in [6.45, 7) is 1.50. The van der Waals surface area contributed by atoms with Crippen molar-refractivity contribution in [3.8, 4) is 0 Å². The van der Waals surface area contributed by atoms with Crippen molar-refractivity contribution in [2.24, 2.45) is 0 Å². The molecule has 6 heteroatoms. The van der Waals surface area contributed by atoms with E-state index in [2.05, 4.69) is 5.32 Å². The summed E-state index contributed by atoms with van der Waals surface area (Å²) >= 11 is 0. The van der Waals surface area contributed by atoms with E-state index < -0.39 is 24.7 Å². The molecule has 3 nitrogen and oxygen atoms in total. The average Bonchev–Trinajstić information content (AvgIpc) is 2.66. The molecule has 0 aromatic rings. The molecule has 16 heavy (non-hydrogen) atoms. The molecule has 1 amide bonds. The Bertz CT molecular complexity index is 237. The number of rotatable bonds is 4. The predicted molar refractivity (Wildman–Crippen MR) is 54.0 cm³/mol. The molecule has 0 spiro atoms. The van der Waals surface area contributed by atoms with Crippen LogP contribution >= 0.6 is 0 Å². The first-order valence-electron chi connectivity index (χ1n) is 5.53. The van der Waals surface area contributed by atoms with Crippen LogP contribution in [0.25, 0.3) is 0 Å². The van der Waals surface area contributed by atoms with E-state index >= 15 is 0 Å². The average molecular weight is 238 g/mol. The van der Waals surface area contributed by atoms with Gasteiger partial charge in [-0.25, -0.2) is 0 Å². The molecule has 1 saturated heterocycles. The topological polar surface area (TPSA) is 32.3 Å². The fraction of sp³-hybridized carbons (Fsp3) is 0.900. The van der Waals surface area contributed by atoms with E-state index in [9.17, 15) is 18.0 Å². The number of carbonyl (C=O) groups is 1. The van der Waals surface area contributed by atoms with Gasteiger partial charge in [-0.05, 0) is 25.8 Å². The van der Waals surface area contributed by atoms with Gasteiger partial charge in [-0.2, -0.15) is 13.2 Å². The van der Waals surface area contributed by atoms with Gasteiger partial charge in [-0.15, -0.1) is 0 Å². The molecule has 1 fully saturated rings. The van der Waals surface area contributed by atoms with Crippen LogP contribution in [-0.4, -0.2) is 42.7 Å². The van der Waals surface area contributed by atoms with Crippen LogP contribution < -0.4 is 5.32 Å². The largest absolute Gasteiger partial charge is 0.406 e. The maximum atomic E-state index is 12.3. The molecule has 1 rings (SSSR count). The minimum atomic E-state index is -4.32. The third-order valence-electron chi connectivity index (χ3n) is 2.53. The van der Waals surface area contributed by atoms with Gasteiger partial charge in [0.25, 0.3) is 0 Å². The third-order valence-corrected chi connectivity index (χ3v) is 2.53. The molecule has 1 aliphatic rings. The Labute approximate surface area is 93.0 Å². The number of alkyl halides is 3. The van der Waals surface area contributed by atoms with Crippen molar-refractivity contribution < 1.29 is 18.0 Å². The van der Waals surface area contributed by atoms with Crippen LogP contribution in [0, 0.1) is 0 Å². The van der Waals surface area contributed by atoms with Gasteiger partial charge in [0.15, 0.2) is 0 Å². The Morgan fingerprint density at radius 2 is 2.19 bits per heavy atom. The summed E-state index contributed by atoms with van der Waals surface area (Å²) in [5.74, 6) is -0.420. The first kappa shape index (κ1) is 13.3. The summed E-state index contributed by atoms with van der Waals surface area (Å²) < 4.78 is 36.8. The normalized spacial score (nSPS) is 21.1. The highest BCUT2D eigenvalue weighted by atomic mass is 19.4. The van der Waals surface area contributed by atoms with Crippen LogP contribution in [0.3, 0.4) is 0 Å². The second kappa shape index (κ2) is 5.52. The summed E-state index contributed by atoms with van der Waals surface area (Å²) in [5.41, 5.74) is 0. The van der Waals surface area contributed by atoms with E-state index in [0.717, 1.165) is 11.3 Å². The molecule has 0 bridgehead atoms. The summed E-state index contributed by atoms with van der Waals surface area (Å²) in [6, 6.07) is -0.422. The highest BCUT2D eigenvalue weighted by molar-refractivity contribution is 5.82. The highest BCUT2D eigenvalue weighted by Gasteiger charge is 2.35. The maximum absolute atomic E-state index is 12.3. The van der Waals surface area contributed by atoms with Gasteiger partial charge < -0.3 is 10.2 Å². The lowest BCUT2D eigenvalue weighted by atomic mass is 10.2. The number of halogens is 3. The van der Waals surface area contributed by atoms with Crippen molar-refractivity contribution in [2.45, 2.75) is 38.4 Å². The lowest BCUT2D eigenvalue weighted by molar-refractivity contribution is -0.162. The Balaban J connectivity index is 2.57. The molecular weight excluding hydrogens is 221 g/mol. The summed E-state index contributed by atoms with van der Waals surface area (Å²) in [5, 5.41) is 2.92. The minimum Gasteiger partial charge on any atom is -0.332 e. The Hall–Kier alpha value is -0.780. The quantitative estimate of drug-likeness (QED) is 0.805. The van der Waals surface area contributed by atoms with E-state index in [1.54, 1.807) is 6.92 Å². The molecule has 0 radical (unpaired) electrons. The van der Waals surface area contributed by atoms with Crippen molar-refractivity contribution in [1.82, 2.24) is 10.2 Å². The van der Waals surface area contributed by atoms with E-state index in [-0.39, 0.29) is 6.54 Å². The molecule has 1 aliphatic heterocycles. The molecule has 0 aromatic carbocycles. The number of nitrogens with one attached hydrogen (secondary N) is 1. The van der Waals surface area contributed by atoms with Gasteiger partial charge in [0.1, 0.15) is 6.54 Å². The van der Waals surface area contributed by atoms with E-state index in [1.165, 1.54) is 0 Å². The Morgan fingerprint density at radius 1 is 1.50 bits per heavy atom. The minimum absolute atomic E-state index is 0.163.